The molecule has 0 unspecified atom stereocenters. The number of fused-ring (bicyclic) bond motifs is 2. The van der Waals surface area contributed by atoms with E-state index in [0.29, 0.717) is 35.8 Å². The molecule has 0 bridgehead atoms. The highest BCUT2D eigenvalue weighted by atomic mass is 32.2. The lowest BCUT2D eigenvalue weighted by molar-refractivity contribution is -0.113. The molecule has 0 saturated carbocycles. The van der Waals surface area contributed by atoms with Gasteiger partial charge in [-0.25, -0.2) is 4.79 Å². The summed E-state index contributed by atoms with van der Waals surface area (Å²) >= 11 is 2.97. The van der Waals surface area contributed by atoms with Crippen LogP contribution in [0.1, 0.15) is 56.5 Å². The number of esters is 1. The van der Waals surface area contributed by atoms with Crippen molar-refractivity contribution in [3.63, 3.8) is 0 Å². The molecule has 0 atom stereocenters. The molecule has 0 fully saturated rings. The topological polar surface area (TPSA) is 89.4 Å². The maximum Gasteiger partial charge on any atom is 0.341 e. The van der Waals surface area contributed by atoms with Crippen LogP contribution < -0.4 is 10.6 Å². The molecule has 4 aromatic rings. The lowest BCUT2D eigenvalue weighted by Crippen LogP contribution is -2.27. The van der Waals surface area contributed by atoms with Crippen molar-refractivity contribution >= 4 is 56.8 Å². The highest BCUT2D eigenvalue weighted by Crippen LogP contribution is 2.39. The molecule has 1 aliphatic carbocycles. The first kappa shape index (κ1) is 28.0. The molecule has 9 heteroatoms. The van der Waals surface area contributed by atoms with Crippen LogP contribution >= 0.6 is 23.1 Å². The molecule has 2 N–H and O–H groups in total. The van der Waals surface area contributed by atoms with Crippen molar-refractivity contribution < 1.29 is 19.1 Å². The summed E-state index contributed by atoms with van der Waals surface area (Å²) in [6.07, 6.45) is 5.95. The van der Waals surface area contributed by atoms with Gasteiger partial charge in [-0.2, -0.15) is 0 Å². The van der Waals surface area contributed by atoms with Gasteiger partial charge in [-0.1, -0.05) is 35.9 Å². The predicted molar refractivity (Wildman–Crippen MR) is 162 cm³/mol. The summed E-state index contributed by atoms with van der Waals surface area (Å²) in [7, 11) is 0. The van der Waals surface area contributed by atoms with Crippen LogP contribution in [0, 0.1) is 6.92 Å². The molecule has 0 radical (unpaired) electrons. The Balaban J connectivity index is 1.24. The molecule has 0 aliphatic heterocycles. The number of hydrogen-bond donors (Lipinski definition) is 2. The van der Waals surface area contributed by atoms with Gasteiger partial charge in [0.25, 0.3) is 5.91 Å². The zero-order chi connectivity index (χ0) is 28.1. The first-order valence-electron chi connectivity index (χ1n) is 13.6. The molecule has 40 heavy (non-hydrogen) atoms. The van der Waals surface area contributed by atoms with Gasteiger partial charge in [0.2, 0.25) is 5.91 Å². The maximum absolute atomic E-state index is 13.0. The number of benzene rings is 2. The molecule has 1 aliphatic rings. The zero-order valence-electron chi connectivity index (χ0n) is 22.7. The normalized spacial score (nSPS) is 12.7. The Morgan fingerprint density at radius 3 is 2.62 bits per heavy atom. The van der Waals surface area contributed by atoms with E-state index in [0.717, 1.165) is 52.6 Å². The average Bonchev–Trinajstić information content (AvgIpc) is 3.50. The van der Waals surface area contributed by atoms with E-state index in [2.05, 4.69) is 15.2 Å². The number of hydrogen-bond acceptors (Lipinski definition) is 6. The lowest BCUT2D eigenvalue weighted by atomic mass is 9.95. The maximum atomic E-state index is 13.0. The fourth-order valence-electron chi connectivity index (χ4n) is 4.99. The predicted octanol–water partition coefficient (Wildman–Crippen LogP) is 6.23. The summed E-state index contributed by atoms with van der Waals surface area (Å²) in [5, 5.41) is 7.66. The van der Waals surface area contributed by atoms with E-state index in [4.69, 9.17) is 4.74 Å². The number of amides is 2. The molecule has 5 rings (SSSR count). The van der Waals surface area contributed by atoms with Gasteiger partial charge in [0.15, 0.2) is 0 Å². The standard InChI is InChI=1S/C31H33N3O4S2/c1-3-38-31(37)28-23-9-5-7-11-25(23)40-30(28)33-27(35)19-39-26-18-34(24-10-6-4-8-22(24)26)17-16-32-29(36)21-14-12-20(2)13-15-21/h4,6,8,10,12-15,18H,3,5,7,9,11,16-17,19H2,1-2H3,(H,32,36)(H,33,35). The second kappa shape index (κ2) is 12.7. The number of carbonyl (C=O) groups excluding carboxylic acids is 3. The van der Waals surface area contributed by atoms with Gasteiger partial charge in [0.05, 0.1) is 17.9 Å². The van der Waals surface area contributed by atoms with Crippen molar-refractivity contribution in [2.24, 2.45) is 0 Å². The fraction of sp³-hybridized carbons (Fsp3) is 0.323. The number of ether oxygens (including phenoxy) is 1. The number of carbonyl (C=O) groups is 3. The SMILES string of the molecule is CCOC(=O)c1c(NC(=O)CSc2cn(CCNC(=O)c3ccc(C)cc3)c3ccccc23)sc2c1CCCC2. The fourth-order valence-corrected chi connectivity index (χ4v) is 7.17. The largest absolute Gasteiger partial charge is 0.462 e. The van der Waals surface area contributed by atoms with Crippen molar-refractivity contribution in [2.75, 3.05) is 24.2 Å². The Hall–Kier alpha value is -3.56. The summed E-state index contributed by atoms with van der Waals surface area (Å²) in [5.74, 6) is -0.401. The van der Waals surface area contributed by atoms with Gasteiger partial charge in [0.1, 0.15) is 5.00 Å². The first-order valence-corrected chi connectivity index (χ1v) is 15.4. The van der Waals surface area contributed by atoms with Crippen molar-refractivity contribution in [3.8, 4) is 0 Å². The van der Waals surface area contributed by atoms with Gasteiger partial charge >= 0.3 is 5.97 Å². The second-order valence-electron chi connectivity index (χ2n) is 9.80. The Bertz CT molecular complexity index is 1540. The van der Waals surface area contributed by atoms with E-state index in [-0.39, 0.29) is 23.5 Å². The van der Waals surface area contributed by atoms with Gasteiger partial charge in [-0.3, -0.25) is 9.59 Å². The molecule has 2 aromatic heterocycles. The number of para-hydroxylation sites is 1. The van der Waals surface area contributed by atoms with E-state index in [1.54, 1.807) is 6.92 Å². The number of rotatable bonds is 10. The molecule has 0 spiro atoms. The number of aromatic nitrogens is 1. The van der Waals surface area contributed by atoms with Crippen LogP contribution in [-0.2, 0) is 28.9 Å². The molecular weight excluding hydrogens is 542 g/mol. The van der Waals surface area contributed by atoms with Crippen LogP contribution in [0.3, 0.4) is 0 Å². The molecule has 208 valence electrons. The lowest BCUT2D eigenvalue weighted by Gasteiger charge is -2.12. The number of thioether (sulfide) groups is 1. The summed E-state index contributed by atoms with van der Waals surface area (Å²) < 4.78 is 7.42. The van der Waals surface area contributed by atoms with Gasteiger partial charge in [0, 0.05) is 45.5 Å². The number of nitrogens with one attached hydrogen (secondary N) is 2. The van der Waals surface area contributed by atoms with Crippen LogP contribution in [0.15, 0.2) is 59.6 Å². The summed E-state index contributed by atoms with van der Waals surface area (Å²) in [6.45, 7) is 5.17. The van der Waals surface area contributed by atoms with Crippen molar-refractivity contribution in [1.82, 2.24) is 9.88 Å². The Labute approximate surface area is 242 Å². The third kappa shape index (κ3) is 6.26. The van der Waals surface area contributed by atoms with Crippen LogP contribution in [-0.4, -0.2) is 41.3 Å². The second-order valence-corrected chi connectivity index (χ2v) is 11.9. The van der Waals surface area contributed by atoms with E-state index in [1.165, 1.54) is 28.0 Å². The molecule has 7 nitrogen and oxygen atoms in total. The minimum Gasteiger partial charge on any atom is -0.462 e. The number of nitrogens with zero attached hydrogens (tertiary/aromatic N) is 1. The van der Waals surface area contributed by atoms with Crippen LogP contribution in [0.5, 0.6) is 0 Å². The van der Waals surface area contributed by atoms with Gasteiger partial charge < -0.3 is 19.9 Å². The van der Waals surface area contributed by atoms with Crippen molar-refractivity contribution in [2.45, 2.75) is 51.0 Å². The summed E-state index contributed by atoms with van der Waals surface area (Å²) in [5.41, 5.74) is 4.37. The average molecular weight is 576 g/mol. The van der Waals surface area contributed by atoms with E-state index in [1.807, 2.05) is 61.7 Å². The minimum absolute atomic E-state index is 0.0971. The number of anilines is 1. The van der Waals surface area contributed by atoms with E-state index >= 15 is 0 Å². The Morgan fingerprint density at radius 2 is 1.82 bits per heavy atom. The third-order valence-corrected chi connectivity index (χ3v) is 9.22. The molecular formula is C31H33N3O4S2. The van der Waals surface area contributed by atoms with Crippen molar-refractivity contribution in [3.05, 3.63) is 81.9 Å². The van der Waals surface area contributed by atoms with Gasteiger partial charge in [-0.05, 0) is 63.3 Å². The van der Waals surface area contributed by atoms with Gasteiger partial charge in [-0.15, -0.1) is 23.1 Å². The molecule has 2 amide bonds. The monoisotopic (exact) mass is 575 g/mol. The van der Waals surface area contributed by atoms with Crippen molar-refractivity contribution in [1.29, 1.82) is 0 Å². The quantitative estimate of drug-likeness (QED) is 0.173. The highest BCUT2D eigenvalue weighted by Gasteiger charge is 2.27. The Morgan fingerprint density at radius 1 is 1.05 bits per heavy atom. The van der Waals surface area contributed by atoms with E-state index in [9.17, 15) is 14.4 Å². The third-order valence-electron chi connectivity index (χ3n) is 6.97. The van der Waals surface area contributed by atoms with Crippen LogP contribution in [0.2, 0.25) is 0 Å². The minimum atomic E-state index is -0.359. The van der Waals surface area contributed by atoms with Crippen LogP contribution in [0.4, 0.5) is 5.00 Å². The molecule has 2 heterocycles. The molecule has 2 aromatic carbocycles. The van der Waals surface area contributed by atoms with E-state index < -0.39 is 0 Å². The Kier molecular flexibility index (Phi) is 8.91. The summed E-state index contributed by atoms with van der Waals surface area (Å²) in [6, 6.07) is 15.6. The molecule has 0 saturated heterocycles. The smallest absolute Gasteiger partial charge is 0.341 e. The summed E-state index contributed by atoms with van der Waals surface area (Å²) in [4.78, 5) is 40.5. The zero-order valence-corrected chi connectivity index (χ0v) is 24.4. The first-order chi connectivity index (χ1) is 19.4. The number of aryl methyl sites for hydroxylation is 2. The van der Waals surface area contributed by atoms with Crippen LogP contribution in [0.25, 0.3) is 10.9 Å². The highest BCUT2D eigenvalue weighted by molar-refractivity contribution is 8.00. The number of thiophene rings is 1.